The second-order valence-corrected chi connectivity index (χ2v) is 6.52. The molecule has 2 aromatic rings. The van der Waals surface area contributed by atoms with Crippen molar-refractivity contribution in [1.82, 2.24) is 15.1 Å². The van der Waals surface area contributed by atoms with Crippen LogP contribution in [-0.2, 0) is 23.0 Å². The van der Waals surface area contributed by atoms with Gasteiger partial charge in [0.25, 0.3) is 0 Å². The van der Waals surface area contributed by atoms with E-state index in [1.807, 2.05) is 33.0 Å². The van der Waals surface area contributed by atoms with Gasteiger partial charge in [0.1, 0.15) is 11.8 Å². The maximum Gasteiger partial charge on any atom is 0.225 e. The second kappa shape index (κ2) is 8.15. The first-order chi connectivity index (χ1) is 11.4. The quantitative estimate of drug-likeness (QED) is 0.806. The van der Waals surface area contributed by atoms with Crippen LogP contribution in [0.3, 0.4) is 0 Å². The van der Waals surface area contributed by atoms with Crippen LogP contribution in [0, 0.1) is 19.8 Å². The topological polar surface area (TPSA) is 69.3 Å². The molecular formula is C18H27N3O3. The minimum Gasteiger partial charge on any atom is -0.467 e. The third-order valence-electron chi connectivity index (χ3n) is 3.95. The minimum absolute atomic E-state index is 0.0660. The summed E-state index contributed by atoms with van der Waals surface area (Å²) in [6.45, 7) is 9.11. The van der Waals surface area contributed by atoms with Crippen LogP contribution < -0.4 is 5.32 Å². The Bertz CT molecular complexity index is 659. The molecule has 0 saturated carbocycles. The Balaban J connectivity index is 2.01. The molecule has 0 aliphatic rings. The van der Waals surface area contributed by atoms with Crippen molar-refractivity contribution < 1.29 is 13.9 Å². The molecular weight excluding hydrogens is 306 g/mol. The van der Waals surface area contributed by atoms with E-state index < -0.39 is 0 Å². The Morgan fingerprint density at radius 3 is 2.67 bits per heavy atom. The predicted molar refractivity (Wildman–Crippen MR) is 91.6 cm³/mol. The van der Waals surface area contributed by atoms with Gasteiger partial charge in [-0.25, -0.2) is 0 Å². The van der Waals surface area contributed by atoms with Crippen molar-refractivity contribution in [2.24, 2.45) is 13.0 Å². The molecule has 2 rings (SSSR count). The number of aryl methyl sites for hydroxylation is 2. The lowest BCUT2D eigenvalue weighted by atomic mass is 10.1. The van der Waals surface area contributed by atoms with E-state index in [0.717, 1.165) is 17.0 Å². The first-order valence-electron chi connectivity index (χ1n) is 8.28. The molecule has 0 aliphatic carbocycles. The van der Waals surface area contributed by atoms with Crippen LogP contribution in [0.2, 0.25) is 0 Å². The van der Waals surface area contributed by atoms with Gasteiger partial charge in [-0.2, -0.15) is 5.10 Å². The Labute approximate surface area is 143 Å². The Kier molecular flexibility index (Phi) is 6.20. The van der Waals surface area contributed by atoms with Crippen LogP contribution in [0.1, 0.15) is 42.6 Å². The van der Waals surface area contributed by atoms with Crippen LogP contribution in [0.15, 0.2) is 22.8 Å². The highest BCUT2D eigenvalue weighted by atomic mass is 16.5. The summed E-state index contributed by atoms with van der Waals surface area (Å²) in [5, 5.41) is 7.37. The molecule has 2 heterocycles. The Morgan fingerprint density at radius 1 is 1.38 bits per heavy atom. The highest BCUT2D eigenvalue weighted by Gasteiger charge is 2.20. The molecule has 6 heteroatoms. The molecule has 0 aromatic carbocycles. The molecule has 0 bridgehead atoms. The van der Waals surface area contributed by atoms with Crippen LogP contribution in [0.5, 0.6) is 0 Å². The number of carbonyl (C=O) groups is 1. The maximum atomic E-state index is 12.5. The average molecular weight is 333 g/mol. The molecule has 1 amide bonds. The smallest absolute Gasteiger partial charge is 0.225 e. The lowest BCUT2D eigenvalue weighted by Gasteiger charge is -2.18. The molecule has 2 aromatic heterocycles. The first-order valence-corrected chi connectivity index (χ1v) is 8.28. The highest BCUT2D eigenvalue weighted by molar-refractivity contribution is 5.79. The van der Waals surface area contributed by atoms with E-state index in [9.17, 15) is 4.79 Å². The molecule has 24 heavy (non-hydrogen) atoms. The van der Waals surface area contributed by atoms with Gasteiger partial charge in [0.15, 0.2) is 0 Å². The van der Waals surface area contributed by atoms with Gasteiger partial charge in [0.2, 0.25) is 5.91 Å². The normalized spacial score (nSPS) is 12.6. The maximum absolute atomic E-state index is 12.5. The lowest BCUT2D eigenvalue weighted by Crippen LogP contribution is -2.33. The average Bonchev–Trinajstić information content (AvgIpc) is 3.11. The molecule has 6 nitrogen and oxygen atoms in total. The molecule has 0 saturated heterocycles. The molecule has 1 unspecified atom stereocenters. The largest absolute Gasteiger partial charge is 0.467 e. The number of hydrogen-bond acceptors (Lipinski definition) is 4. The van der Waals surface area contributed by atoms with Crippen molar-refractivity contribution in [3.63, 3.8) is 0 Å². The van der Waals surface area contributed by atoms with Gasteiger partial charge in [-0.05, 0) is 31.9 Å². The zero-order valence-electron chi connectivity index (χ0n) is 15.1. The molecule has 0 fully saturated rings. The monoisotopic (exact) mass is 333 g/mol. The number of aromatic nitrogens is 2. The predicted octanol–water partition coefficient (Wildman–Crippen LogP) is 2.70. The molecule has 0 radical (unpaired) electrons. The van der Waals surface area contributed by atoms with E-state index in [-0.39, 0.29) is 11.9 Å². The molecule has 1 N–H and O–H groups in total. The van der Waals surface area contributed by atoms with Gasteiger partial charge >= 0.3 is 0 Å². The highest BCUT2D eigenvalue weighted by Crippen LogP contribution is 2.17. The van der Waals surface area contributed by atoms with Crippen molar-refractivity contribution >= 4 is 5.91 Å². The van der Waals surface area contributed by atoms with E-state index >= 15 is 0 Å². The van der Waals surface area contributed by atoms with Crippen LogP contribution >= 0.6 is 0 Å². The van der Waals surface area contributed by atoms with E-state index in [4.69, 9.17) is 9.15 Å². The number of nitrogens with one attached hydrogen (secondary N) is 1. The fourth-order valence-electron chi connectivity index (χ4n) is 2.59. The number of hydrogen-bond donors (Lipinski definition) is 1. The summed E-state index contributed by atoms with van der Waals surface area (Å²) in [6, 6.07) is 3.37. The van der Waals surface area contributed by atoms with Gasteiger partial charge in [0, 0.05) is 24.9 Å². The van der Waals surface area contributed by atoms with E-state index in [0.29, 0.717) is 31.3 Å². The number of furan rings is 1. The molecule has 1 atom stereocenters. The van der Waals surface area contributed by atoms with Crippen LogP contribution in [0.25, 0.3) is 0 Å². The summed E-state index contributed by atoms with van der Waals surface area (Å²) in [5.74, 6) is 1.08. The van der Waals surface area contributed by atoms with Gasteiger partial charge in [-0.1, -0.05) is 13.8 Å². The zero-order valence-corrected chi connectivity index (χ0v) is 15.1. The van der Waals surface area contributed by atoms with Crippen molar-refractivity contribution in [2.75, 3.05) is 13.2 Å². The van der Waals surface area contributed by atoms with Crippen LogP contribution in [-0.4, -0.2) is 28.9 Å². The lowest BCUT2D eigenvalue weighted by molar-refractivity contribution is -0.121. The zero-order chi connectivity index (χ0) is 17.7. The Hall–Kier alpha value is -2.08. The van der Waals surface area contributed by atoms with Crippen LogP contribution in [0.4, 0.5) is 0 Å². The summed E-state index contributed by atoms with van der Waals surface area (Å²) < 4.78 is 12.9. The van der Waals surface area contributed by atoms with E-state index in [1.165, 1.54) is 0 Å². The third kappa shape index (κ3) is 4.71. The van der Waals surface area contributed by atoms with Crippen molar-refractivity contribution in [2.45, 2.75) is 40.2 Å². The molecule has 0 aliphatic heterocycles. The van der Waals surface area contributed by atoms with Crippen molar-refractivity contribution in [1.29, 1.82) is 0 Å². The van der Waals surface area contributed by atoms with Gasteiger partial charge < -0.3 is 14.5 Å². The number of nitrogens with zero attached hydrogens (tertiary/aromatic N) is 2. The Morgan fingerprint density at radius 2 is 2.12 bits per heavy atom. The van der Waals surface area contributed by atoms with Gasteiger partial charge in [-0.3, -0.25) is 9.48 Å². The first kappa shape index (κ1) is 18.3. The van der Waals surface area contributed by atoms with Gasteiger partial charge in [0.05, 0.1) is 25.0 Å². The summed E-state index contributed by atoms with van der Waals surface area (Å²) >= 11 is 0. The SMILES string of the molecule is Cc1nn(C)c(C)c1CC(=O)NC(COCC(C)C)c1ccco1. The van der Waals surface area contributed by atoms with Crippen molar-refractivity contribution in [3.05, 3.63) is 41.1 Å². The minimum atomic E-state index is -0.288. The van der Waals surface area contributed by atoms with Gasteiger partial charge in [-0.15, -0.1) is 0 Å². The molecule has 132 valence electrons. The standard InChI is InChI=1S/C18H27N3O3/c1-12(2)10-23-11-16(17-7-6-8-24-17)19-18(22)9-15-13(3)20-21(5)14(15)4/h6-8,12,16H,9-11H2,1-5H3,(H,19,22). The third-order valence-corrected chi connectivity index (χ3v) is 3.95. The number of amides is 1. The molecule has 0 spiro atoms. The number of ether oxygens (including phenoxy) is 1. The fourth-order valence-corrected chi connectivity index (χ4v) is 2.59. The summed E-state index contributed by atoms with van der Waals surface area (Å²) in [6.07, 6.45) is 1.90. The number of rotatable bonds is 8. The summed E-state index contributed by atoms with van der Waals surface area (Å²) in [7, 11) is 1.88. The second-order valence-electron chi connectivity index (χ2n) is 6.52. The summed E-state index contributed by atoms with van der Waals surface area (Å²) in [4.78, 5) is 12.5. The fraction of sp³-hybridized carbons (Fsp3) is 0.556. The van der Waals surface area contributed by atoms with E-state index in [1.54, 1.807) is 10.9 Å². The van der Waals surface area contributed by atoms with E-state index in [2.05, 4.69) is 24.3 Å². The van der Waals surface area contributed by atoms with Crippen molar-refractivity contribution in [3.8, 4) is 0 Å². The summed E-state index contributed by atoms with van der Waals surface area (Å²) in [5.41, 5.74) is 2.86. The number of carbonyl (C=O) groups excluding carboxylic acids is 1.